The Bertz CT molecular complexity index is 1810. The molecule has 0 saturated carbocycles. The van der Waals surface area contributed by atoms with Crippen LogP contribution >= 0.6 is 23.2 Å². The monoisotopic (exact) mass is 477 g/mol. The Labute approximate surface area is 195 Å². The predicted molar refractivity (Wildman–Crippen MR) is 125 cm³/mol. The zero-order valence-corrected chi connectivity index (χ0v) is 18.4. The number of fused-ring (bicyclic) bond motifs is 3. The third kappa shape index (κ3) is 3.18. The molecule has 162 valence electrons. The van der Waals surface area contributed by atoms with E-state index in [1.807, 2.05) is 0 Å². The number of aromatic nitrogens is 4. The molecule has 0 amide bonds. The van der Waals surface area contributed by atoms with Crippen molar-refractivity contribution in [3.63, 3.8) is 0 Å². The van der Waals surface area contributed by atoms with Crippen molar-refractivity contribution in [1.82, 2.24) is 19.2 Å². The first-order chi connectivity index (χ1) is 15.8. The van der Waals surface area contributed by atoms with Crippen LogP contribution in [0.15, 0.2) is 52.1 Å². The van der Waals surface area contributed by atoms with Crippen LogP contribution in [0.2, 0.25) is 10.0 Å². The van der Waals surface area contributed by atoms with Crippen molar-refractivity contribution < 1.29 is 5.11 Å². The number of nitriles is 1. The van der Waals surface area contributed by atoms with Crippen LogP contribution in [0, 0.1) is 18.3 Å². The topological polar surface area (TPSA) is 116 Å². The number of aromatic hydroxyl groups is 1. The van der Waals surface area contributed by atoms with Gasteiger partial charge in [-0.3, -0.25) is 19.1 Å². The minimum absolute atomic E-state index is 0.0879. The highest BCUT2D eigenvalue weighted by atomic mass is 35.5. The maximum Gasteiger partial charge on any atom is 0.275 e. The van der Waals surface area contributed by atoms with Crippen molar-refractivity contribution in [2.45, 2.75) is 6.92 Å². The number of halogens is 2. The van der Waals surface area contributed by atoms with E-state index >= 15 is 0 Å². The molecule has 0 saturated heterocycles. The van der Waals surface area contributed by atoms with E-state index in [9.17, 15) is 20.0 Å². The van der Waals surface area contributed by atoms with Crippen molar-refractivity contribution in [3.8, 4) is 17.6 Å². The highest BCUT2D eigenvalue weighted by Gasteiger charge is 2.19. The maximum absolute atomic E-state index is 13.4. The number of para-hydroxylation sites is 2. The normalized spacial score (nSPS) is 12.0. The van der Waals surface area contributed by atoms with Gasteiger partial charge in [0.25, 0.3) is 11.1 Å². The van der Waals surface area contributed by atoms with Crippen LogP contribution in [-0.4, -0.2) is 24.3 Å². The molecule has 3 heterocycles. The lowest BCUT2D eigenvalue weighted by Gasteiger charge is -2.06. The van der Waals surface area contributed by atoms with Crippen molar-refractivity contribution in [2.24, 2.45) is 0 Å². The first kappa shape index (κ1) is 20.8. The molecule has 0 aliphatic carbocycles. The minimum Gasteiger partial charge on any atom is -0.493 e. The number of aromatic amines is 1. The van der Waals surface area contributed by atoms with Crippen LogP contribution in [0.25, 0.3) is 28.4 Å². The Morgan fingerprint density at radius 3 is 2.55 bits per heavy atom. The molecule has 0 unspecified atom stereocenters. The average Bonchev–Trinajstić information content (AvgIpc) is 3.28. The number of hydrogen-bond donors (Lipinski definition) is 2. The van der Waals surface area contributed by atoms with Gasteiger partial charge in [-0.15, -0.1) is 0 Å². The van der Waals surface area contributed by atoms with E-state index in [4.69, 9.17) is 23.2 Å². The van der Waals surface area contributed by atoms with E-state index in [1.165, 1.54) is 28.7 Å². The largest absolute Gasteiger partial charge is 0.493 e. The van der Waals surface area contributed by atoms with Gasteiger partial charge in [0.15, 0.2) is 5.65 Å². The highest BCUT2D eigenvalue weighted by Crippen LogP contribution is 2.25. The molecule has 3 aromatic heterocycles. The van der Waals surface area contributed by atoms with E-state index in [0.717, 1.165) is 4.68 Å². The standard InChI is InChI=1S/C23H13Cl2N5O3/c1-11-15(22(32)29-19-5-3-2-4-18(19)27-20(29)17(11)10-26)9-16-21(31)28-30(23(16)33)14-7-12(24)6-13(25)8-14/h2-9,33H,1H3,(H,28,31). The van der Waals surface area contributed by atoms with Crippen molar-refractivity contribution in [1.29, 1.82) is 5.26 Å². The lowest BCUT2D eigenvalue weighted by Crippen LogP contribution is -2.34. The Kier molecular flexibility index (Phi) is 4.74. The fourth-order valence-corrected chi connectivity index (χ4v) is 4.37. The third-order valence-corrected chi connectivity index (χ3v) is 5.85. The molecule has 0 aliphatic heterocycles. The number of rotatable bonds is 2. The quantitative estimate of drug-likeness (QED) is 0.405. The molecule has 0 radical (unpaired) electrons. The lowest BCUT2D eigenvalue weighted by atomic mass is 10.1. The molecule has 0 fully saturated rings. The van der Waals surface area contributed by atoms with Crippen molar-refractivity contribution in [3.05, 3.63) is 95.1 Å². The van der Waals surface area contributed by atoms with Crippen LogP contribution in [0.4, 0.5) is 0 Å². The summed E-state index contributed by atoms with van der Waals surface area (Å²) < 4.78 is 2.45. The van der Waals surface area contributed by atoms with Gasteiger partial charge >= 0.3 is 0 Å². The summed E-state index contributed by atoms with van der Waals surface area (Å²) in [6.07, 6.45) is 1.27. The second kappa shape index (κ2) is 7.52. The third-order valence-electron chi connectivity index (χ3n) is 5.41. The second-order valence-corrected chi connectivity index (χ2v) is 8.25. The number of H-pyrrole nitrogens is 1. The summed E-state index contributed by atoms with van der Waals surface area (Å²) in [5, 5.41) is 23.8. The van der Waals surface area contributed by atoms with Gasteiger partial charge in [-0.25, -0.2) is 9.67 Å². The minimum atomic E-state index is -0.642. The number of pyridine rings is 1. The number of hydrogen-bond acceptors (Lipinski definition) is 5. The van der Waals surface area contributed by atoms with Gasteiger partial charge in [0, 0.05) is 15.3 Å². The molecule has 5 rings (SSSR count). The molecule has 0 bridgehead atoms. The van der Waals surface area contributed by atoms with Gasteiger partial charge in [-0.2, -0.15) is 5.26 Å². The molecule has 33 heavy (non-hydrogen) atoms. The van der Waals surface area contributed by atoms with Gasteiger partial charge in [-0.05, 0) is 48.9 Å². The zero-order chi connectivity index (χ0) is 23.4. The molecule has 5 aromatic rings. The summed E-state index contributed by atoms with van der Waals surface area (Å²) in [6, 6.07) is 13.6. The average molecular weight is 478 g/mol. The maximum atomic E-state index is 13.4. The van der Waals surface area contributed by atoms with Gasteiger partial charge in [0.1, 0.15) is 11.6 Å². The van der Waals surface area contributed by atoms with Crippen molar-refractivity contribution in [2.75, 3.05) is 0 Å². The Morgan fingerprint density at radius 2 is 1.85 bits per heavy atom. The number of nitrogens with one attached hydrogen (secondary N) is 1. The fourth-order valence-electron chi connectivity index (χ4n) is 3.85. The summed E-state index contributed by atoms with van der Waals surface area (Å²) in [5.41, 5.74) is 0.956. The van der Waals surface area contributed by atoms with Crippen LogP contribution in [0.5, 0.6) is 5.88 Å². The molecule has 0 spiro atoms. The first-order valence-electron chi connectivity index (χ1n) is 9.66. The smallest absolute Gasteiger partial charge is 0.275 e. The van der Waals surface area contributed by atoms with Crippen LogP contribution in [-0.2, 0) is 0 Å². The Balaban J connectivity index is 1.85. The summed E-state index contributed by atoms with van der Waals surface area (Å²) >= 11 is 12.1. The summed E-state index contributed by atoms with van der Waals surface area (Å²) in [7, 11) is 0. The lowest BCUT2D eigenvalue weighted by molar-refractivity contribution is 0.432. The molecule has 0 aliphatic rings. The second-order valence-electron chi connectivity index (χ2n) is 7.38. The van der Waals surface area contributed by atoms with Gasteiger partial charge in [-0.1, -0.05) is 35.3 Å². The van der Waals surface area contributed by atoms with E-state index in [2.05, 4.69) is 16.2 Å². The Hall–Kier alpha value is -4.06. The molecule has 2 aromatic carbocycles. The van der Waals surface area contributed by atoms with E-state index in [-0.39, 0.29) is 22.0 Å². The van der Waals surface area contributed by atoms with Gasteiger partial charge in [0.2, 0.25) is 5.88 Å². The number of benzene rings is 2. The SMILES string of the molecule is Cc1c(C#N)c2nc3ccccc3n2c(=O)c1=Cc1c(O)n(-c2cc(Cl)cc(Cl)c2)[nH]c1=O. The molecule has 0 atom stereocenters. The number of imidazole rings is 1. The summed E-state index contributed by atoms with van der Waals surface area (Å²) in [6.45, 7) is 1.60. The molecule has 2 N–H and O–H groups in total. The van der Waals surface area contributed by atoms with Gasteiger partial charge in [0.05, 0.1) is 22.3 Å². The van der Waals surface area contributed by atoms with Crippen LogP contribution in [0.3, 0.4) is 0 Å². The van der Waals surface area contributed by atoms with Crippen molar-refractivity contribution >= 4 is 46.0 Å². The van der Waals surface area contributed by atoms with Crippen LogP contribution in [0.1, 0.15) is 16.7 Å². The Morgan fingerprint density at radius 1 is 1.15 bits per heavy atom. The highest BCUT2D eigenvalue weighted by molar-refractivity contribution is 6.34. The van der Waals surface area contributed by atoms with E-state index < -0.39 is 17.0 Å². The van der Waals surface area contributed by atoms with Gasteiger partial charge < -0.3 is 5.11 Å². The fraction of sp³-hybridized carbons (Fsp3) is 0.0435. The molecular weight excluding hydrogens is 465 g/mol. The zero-order valence-electron chi connectivity index (χ0n) is 16.9. The summed E-state index contributed by atoms with van der Waals surface area (Å²) in [5.74, 6) is -0.439. The molecule has 10 heteroatoms. The predicted octanol–water partition coefficient (Wildman–Crippen LogP) is 3.07. The first-order valence-corrected chi connectivity index (χ1v) is 10.4. The molecule has 8 nitrogen and oxygen atoms in total. The summed E-state index contributed by atoms with van der Waals surface area (Å²) in [4.78, 5) is 30.6. The van der Waals surface area contributed by atoms with E-state index in [1.54, 1.807) is 31.2 Å². The van der Waals surface area contributed by atoms with Crippen LogP contribution < -0.4 is 16.3 Å². The number of nitrogens with zero attached hydrogens (tertiary/aromatic N) is 4. The molecular formula is C23H13Cl2N5O3. The van der Waals surface area contributed by atoms with E-state index in [0.29, 0.717) is 32.3 Å².